The van der Waals surface area contributed by atoms with Crippen LogP contribution in [0.4, 0.5) is 4.79 Å². The van der Waals surface area contributed by atoms with E-state index in [1.807, 2.05) is 30.3 Å². The van der Waals surface area contributed by atoms with Crippen LogP contribution in [-0.4, -0.2) is 69.5 Å². The molecule has 190 valence electrons. The fourth-order valence-corrected chi connectivity index (χ4v) is 3.36. The van der Waals surface area contributed by atoms with E-state index in [1.165, 1.54) is 12.1 Å². The van der Waals surface area contributed by atoms with Gasteiger partial charge in [0, 0.05) is 18.7 Å². The average molecular weight is 488 g/mol. The Balaban J connectivity index is 2.37. The molecular formula is C25H33N3O7. The lowest BCUT2D eigenvalue weighted by molar-refractivity contribution is -0.143. The molecule has 0 aliphatic rings. The predicted octanol–water partition coefficient (Wildman–Crippen LogP) is 1.46. The number of hydrogen-bond acceptors (Lipinski definition) is 7. The van der Waals surface area contributed by atoms with Crippen LogP contribution in [-0.2, 0) is 20.9 Å². The molecule has 10 nitrogen and oxygen atoms in total. The Hall–Kier alpha value is -3.63. The Kier molecular flexibility index (Phi) is 10.0. The molecule has 0 radical (unpaired) electrons. The molecule has 0 heterocycles. The summed E-state index contributed by atoms with van der Waals surface area (Å²) in [7, 11) is 0. The SMILES string of the molecule is CC(C)(C)OC(=O)NC(CO)C(=O)N(CCO)C(C(=O)NCc1ccccc1)c1ccccc1O. The number of phenols is 1. The maximum atomic E-state index is 13.4. The van der Waals surface area contributed by atoms with E-state index >= 15 is 0 Å². The standard InChI is InChI=1S/C25H33N3O7/c1-25(2,3)35-24(34)27-19(16-30)23(33)28(13-14-29)21(18-11-7-8-12-20(18)31)22(32)26-15-17-9-5-4-6-10-17/h4-12,19,21,29-31H,13-16H2,1-3H3,(H,26,32)(H,27,34). The third-order valence-corrected chi connectivity index (χ3v) is 4.90. The molecule has 0 saturated carbocycles. The first-order chi connectivity index (χ1) is 16.6. The van der Waals surface area contributed by atoms with Crippen LogP contribution in [0.2, 0.25) is 0 Å². The largest absolute Gasteiger partial charge is 0.508 e. The molecule has 5 N–H and O–H groups in total. The first-order valence-corrected chi connectivity index (χ1v) is 11.2. The number of carbonyl (C=O) groups is 3. The minimum atomic E-state index is -1.45. The molecule has 10 heteroatoms. The number of benzene rings is 2. The molecule has 0 fully saturated rings. The van der Waals surface area contributed by atoms with Crippen molar-refractivity contribution in [1.82, 2.24) is 15.5 Å². The number of aliphatic hydroxyl groups excluding tert-OH is 2. The molecule has 2 unspecified atom stereocenters. The predicted molar refractivity (Wildman–Crippen MR) is 128 cm³/mol. The van der Waals surface area contributed by atoms with E-state index in [-0.39, 0.29) is 24.4 Å². The van der Waals surface area contributed by atoms with Gasteiger partial charge in [0.05, 0.1) is 13.2 Å². The molecule has 0 spiro atoms. The Morgan fingerprint density at radius 3 is 2.20 bits per heavy atom. The van der Waals surface area contributed by atoms with Crippen molar-refractivity contribution < 1.29 is 34.4 Å². The summed E-state index contributed by atoms with van der Waals surface area (Å²) < 4.78 is 5.16. The van der Waals surface area contributed by atoms with Crippen molar-refractivity contribution in [2.75, 3.05) is 19.8 Å². The number of phenolic OH excluding ortho intramolecular Hbond substituents is 1. The van der Waals surface area contributed by atoms with Gasteiger partial charge in [-0.1, -0.05) is 48.5 Å². The molecule has 0 saturated heterocycles. The first-order valence-electron chi connectivity index (χ1n) is 11.2. The van der Waals surface area contributed by atoms with Crippen molar-refractivity contribution >= 4 is 17.9 Å². The summed E-state index contributed by atoms with van der Waals surface area (Å²) >= 11 is 0. The summed E-state index contributed by atoms with van der Waals surface area (Å²) in [4.78, 5) is 40.0. The zero-order valence-corrected chi connectivity index (χ0v) is 20.1. The monoisotopic (exact) mass is 487 g/mol. The second-order valence-electron chi connectivity index (χ2n) is 8.80. The van der Waals surface area contributed by atoms with Crippen molar-refractivity contribution in [1.29, 1.82) is 0 Å². The molecule has 0 aliphatic carbocycles. The van der Waals surface area contributed by atoms with Crippen LogP contribution in [0.1, 0.15) is 37.9 Å². The molecule has 2 aromatic rings. The number of alkyl carbamates (subject to hydrolysis) is 1. The van der Waals surface area contributed by atoms with Crippen LogP contribution in [0.5, 0.6) is 5.75 Å². The summed E-state index contributed by atoms with van der Waals surface area (Å²) in [6, 6.07) is 12.3. The quantitative estimate of drug-likeness (QED) is 0.341. The highest BCUT2D eigenvalue weighted by molar-refractivity contribution is 5.92. The highest BCUT2D eigenvalue weighted by Gasteiger charge is 2.37. The minimum Gasteiger partial charge on any atom is -0.508 e. The van der Waals surface area contributed by atoms with Gasteiger partial charge in [0.15, 0.2) is 0 Å². The van der Waals surface area contributed by atoms with E-state index in [1.54, 1.807) is 32.9 Å². The molecule has 2 aromatic carbocycles. The normalized spacial score (nSPS) is 12.8. The average Bonchev–Trinajstić information content (AvgIpc) is 2.81. The second kappa shape index (κ2) is 12.7. The van der Waals surface area contributed by atoms with Crippen molar-refractivity contribution in [2.45, 2.75) is 45.0 Å². The summed E-state index contributed by atoms with van der Waals surface area (Å²) in [5.41, 5.74) is 0.0960. The number of aliphatic hydroxyl groups is 2. The van der Waals surface area contributed by atoms with Gasteiger partial charge in [-0.3, -0.25) is 9.59 Å². The zero-order valence-electron chi connectivity index (χ0n) is 20.1. The maximum Gasteiger partial charge on any atom is 0.408 e. The van der Waals surface area contributed by atoms with Gasteiger partial charge in [0.25, 0.3) is 0 Å². The van der Waals surface area contributed by atoms with Crippen LogP contribution >= 0.6 is 0 Å². The number of rotatable bonds is 10. The van der Waals surface area contributed by atoms with Crippen molar-refractivity contribution in [3.05, 3.63) is 65.7 Å². The van der Waals surface area contributed by atoms with Crippen LogP contribution in [0.15, 0.2) is 54.6 Å². The molecule has 2 rings (SSSR count). The number of ether oxygens (including phenoxy) is 1. The van der Waals surface area contributed by atoms with E-state index in [0.29, 0.717) is 0 Å². The van der Waals surface area contributed by atoms with Crippen molar-refractivity contribution in [3.8, 4) is 5.75 Å². The van der Waals surface area contributed by atoms with Gasteiger partial charge in [-0.2, -0.15) is 0 Å². The van der Waals surface area contributed by atoms with Gasteiger partial charge < -0.3 is 35.6 Å². The van der Waals surface area contributed by atoms with Gasteiger partial charge in [0.2, 0.25) is 11.8 Å². The summed E-state index contributed by atoms with van der Waals surface area (Å²) in [5.74, 6) is -1.69. The van der Waals surface area contributed by atoms with E-state index in [0.717, 1.165) is 10.5 Å². The molecule has 0 bridgehead atoms. The molecular weight excluding hydrogens is 454 g/mol. The summed E-state index contributed by atoms with van der Waals surface area (Å²) in [5, 5.41) is 35.0. The minimum absolute atomic E-state index is 0.119. The highest BCUT2D eigenvalue weighted by atomic mass is 16.6. The smallest absolute Gasteiger partial charge is 0.408 e. The number of para-hydroxylation sites is 1. The number of aromatic hydroxyl groups is 1. The summed E-state index contributed by atoms with van der Waals surface area (Å²) in [6.45, 7) is 3.50. The molecule has 35 heavy (non-hydrogen) atoms. The fourth-order valence-electron chi connectivity index (χ4n) is 3.36. The number of amides is 3. The van der Waals surface area contributed by atoms with Crippen LogP contribution in [0, 0.1) is 0 Å². The van der Waals surface area contributed by atoms with Gasteiger partial charge in [-0.05, 0) is 32.4 Å². The third-order valence-electron chi connectivity index (χ3n) is 4.90. The molecule has 0 aliphatic heterocycles. The van der Waals surface area contributed by atoms with E-state index in [2.05, 4.69) is 10.6 Å². The van der Waals surface area contributed by atoms with Crippen LogP contribution in [0.25, 0.3) is 0 Å². The van der Waals surface area contributed by atoms with E-state index < -0.39 is 48.8 Å². The Labute approximate surface area is 204 Å². The number of nitrogens with one attached hydrogen (secondary N) is 2. The maximum absolute atomic E-state index is 13.4. The topological polar surface area (TPSA) is 148 Å². The lowest BCUT2D eigenvalue weighted by atomic mass is 10.0. The second-order valence-corrected chi connectivity index (χ2v) is 8.80. The van der Waals surface area contributed by atoms with Gasteiger partial charge >= 0.3 is 6.09 Å². The first kappa shape index (κ1) is 27.6. The molecule has 2 atom stereocenters. The zero-order chi connectivity index (χ0) is 26.0. The Bertz CT molecular complexity index is 992. The van der Waals surface area contributed by atoms with Crippen LogP contribution < -0.4 is 10.6 Å². The summed E-state index contributed by atoms with van der Waals surface area (Å²) in [6.07, 6.45) is -0.929. The van der Waals surface area contributed by atoms with Crippen molar-refractivity contribution in [2.24, 2.45) is 0 Å². The van der Waals surface area contributed by atoms with Gasteiger partial charge in [-0.25, -0.2) is 4.79 Å². The third kappa shape index (κ3) is 8.27. The number of nitrogens with zero attached hydrogens (tertiary/aromatic N) is 1. The lowest BCUT2D eigenvalue weighted by Crippen LogP contribution is -2.55. The number of hydrogen-bond donors (Lipinski definition) is 5. The van der Waals surface area contributed by atoms with E-state index in [4.69, 9.17) is 4.74 Å². The van der Waals surface area contributed by atoms with Crippen molar-refractivity contribution in [3.63, 3.8) is 0 Å². The van der Waals surface area contributed by atoms with Crippen LogP contribution in [0.3, 0.4) is 0 Å². The fraction of sp³-hybridized carbons (Fsp3) is 0.400. The highest BCUT2D eigenvalue weighted by Crippen LogP contribution is 2.29. The molecule has 0 aromatic heterocycles. The Morgan fingerprint density at radius 2 is 1.63 bits per heavy atom. The van der Waals surface area contributed by atoms with E-state index in [9.17, 15) is 29.7 Å². The Morgan fingerprint density at radius 1 is 1.00 bits per heavy atom. The lowest BCUT2D eigenvalue weighted by Gasteiger charge is -2.33. The number of carbonyl (C=O) groups excluding carboxylic acids is 3. The van der Waals surface area contributed by atoms with Gasteiger partial charge in [-0.15, -0.1) is 0 Å². The molecule has 3 amide bonds. The van der Waals surface area contributed by atoms with Gasteiger partial charge in [0.1, 0.15) is 23.4 Å².